The van der Waals surface area contributed by atoms with E-state index in [0.29, 0.717) is 29.1 Å². The number of allylic oxidation sites excluding steroid dienone is 2. The predicted octanol–water partition coefficient (Wildman–Crippen LogP) is 5.10. The Balaban J connectivity index is 1.79. The minimum absolute atomic E-state index is 0.00265. The van der Waals surface area contributed by atoms with Gasteiger partial charge in [0.25, 0.3) is 0 Å². The summed E-state index contributed by atoms with van der Waals surface area (Å²) in [5.74, 6) is -0.796. The van der Waals surface area contributed by atoms with Gasteiger partial charge < -0.3 is 9.47 Å². The molecule has 0 spiro atoms. The van der Waals surface area contributed by atoms with Gasteiger partial charge in [0.05, 0.1) is 14.2 Å². The lowest BCUT2D eigenvalue weighted by Crippen LogP contribution is -2.37. The van der Waals surface area contributed by atoms with Crippen LogP contribution in [0.4, 0.5) is 0 Å². The fraction of sp³-hybridized carbons (Fsp3) is 0.320. The topological polar surface area (TPSA) is 65.0 Å². The maximum atomic E-state index is 13.4. The van der Waals surface area contributed by atoms with Crippen LogP contribution in [0.25, 0.3) is 0 Å². The van der Waals surface area contributed by atoms with E-state index in [-0.39, 0.29) is 11.7 Å². The Kier molecular flexibility index (Phi) is 5.96. The van der Waals surface area contributed by atoms with E-state index >= 15 is 0 Å². The van der Waals surface area contributed by atoms with Crippen molar-refractivity contribution in [2.24, 2.45) is 10.9 Å². The molecule has 0 saturated carbocycles. The molecule has 0 radical (unpaired) electrons. The Labute approximate surface area is 186 Å². The maximum Gasteiger partial charge on any atom is 0.315 e. The number of benzene rings is 2. The van der Waals surface area contributed by atoms with Crippen molar-refractivity contribution in [3.05, 3.63) is 76.0 Å². The van der Waals surface area contributed by atoms with Gasteiger partial charge >= 0.3 is 5.97 Å². The van der Waals surface area contributed by atoms with Gasteiger partial charge in [-0.05, 0) is 48.6 Å². The molecule has 0 N–H and O–H groups in total. The largest absolute Gasteiger partial charge is 0.497 e. The van der Waals surface area contributed by atoms with Crippen LogP contribution in [-0.2, 0) is 14.3 Å². The molecule has 1 aliphatic carbocycles. The second-order valence-electron chi connectivity index (χ2n) is 7.92. The molecule has 5 nitrogen and oxygen atoms in total. The molecule has 6 heteroatoms. The van der Waals surface area contributed by atoms with Crippen molar-refractivity contribution in [2.75, 3.05) is 14.2 Å². The Morgan fingerprint density at radius 1 is 1.06 bits per heavy atom. The van der Waals surface area contributed by atoms with Crippen LogP contribution in [-0.4, -0.2) is 31.7 Å². The van der Waals surface area contributed by atoms with E-state index in [9.17, 15) is 9.59 Å². The minimum atomic E-state index is -0.676. The van der Waals surface area contributed by atoms with Crippen LogP contribution in [0.1, 0.15) is 42.7 Å². The molecule has 4 rings (SSSR count). The average molecular weight is 438 g/mol. The highest BCUT2D eigenvalue weighted by molar-refractivity contribution is 6.31. The zero-order valence-corrected chi connectivity index (χ0v) is 18.5. The summed E-state index contributed by atoms with van der Waals surface area (Å²) >= 11 is 6.51. The van der Waals surface area contributed by atoms with Crippen molar-refractivity contribution in [1.82, 2.24) is 0 Å². The lowest BCUT2D eigenvalue weighted by molar-refractivity contribution is -0.143. The fourth-order valence-corrected chi connectivity index (χ4v) is 4.92. The molecule has 0 bridgehead atoms. The van der Waals surface area contributed by atoms with E-state index in [4.69, 9.17) is 26.1 Å². The molecule has 2 aromatic carbocycles. The first-order valence-electron chi connectivity index (χ1n) is 10.2. The van der Waals surface area contributed by atoms with E-state index in [2.05, 4.69) is 0 Å². The summed E-state index contributed by atoms with van der Waals surface area (Å²) in [7, 11) is 2.98. The molecule has 160 valence electrons. The zero-order chi connectivity index (χ0) is 22.1. The number of ketones is 1. The molecular formula is C25H24ClNO4. The summed E-state index contributed by atoms with van der Waals surface area (Å²) in [6, 6.07) is 15.1. The second-order valence-corrected chi connectivity index (χ2v) is 8.32. The maximum absolute atomic E-state index is 13.4. The summed E-state index contributed by atoms with van der Waals surface area (Å²) < 4.78 is 10.3. The number of methoxy groups -OCH3 is 2. The Morgan fingerprint density at radius 2 is 1.77 bits per heavy atom. The highest BCUT2D eigenvalue weighted by atomic mass is 35.5. The second kappa shape index (κ2) is 8.67. The molecule has 0 fully saturated rings. The third kappa shape index (κ3) is 3.90. The lowest BCUT2D eigenvalue weighted by atomic mass is 9.69. The summed E-state index contributed by atoms with van der Waals surface area (Å²) in [6.07, 6.45) is 0.980. The molecule has 0 aromatic heterocycles. The number of ether oxygens (including phenoxy) is 2. The van der Waals surface area contributed by atoms with Gasteiger partial charge in [0, 0.05) is 34.3 Å². The van der Waals surface area contributed by atoms with Crippen LogP contribution in [0.15, 0.2) is 64.8 Å². The van der Waals surface area contributed by atoms with E-state index in [1.165, 1.54) is 7.11 Å². The SMILES string of the molecule is COC(=O)C1C(C)=NC2=C(C(=O)C[C@H](c3ccc(OC)cc3)C2)[C@@H]1c1ccccc1Cl. The van der Waals surface area contributed by atoms with Crippen LogP contribution < -0.4 is 4.74 Å². The van der Waals surface area contributed by atoms with Crippen molar-refractivity contribution >= 4 is 29.1 Å². The number of hydrogen-bond donors (Lipinski definition) is 0. The van der Waals surface area contributed by atoms with Gasteiger partial charge in [0.15, 0.2) is 5.78 Å². The van der Waals surface area contributed by atoms with Crippen molar-refractivity contribution in [1.29, 1.82) is 0 Å². The number of aliphatic imine (C=N–C) groups is 1. The van der Waals surface area contributed by atoms with E-state index in [1.54, 1.807) is 13.2 Å². The monoisotopic (exact) mass is 437 g/mol. The number of carbonyl (C=O) groups excluding carboxylic acids is 2. The first-order chi connectivity index (χ1) is 14.9. The van der Waals surface area contributed by atoms with Gasteiger partial charge in [0.1, 0.15) is 11.7 Å². The molecule has 1 unspecified atom stereocenters. The lowest BCUT2D eigenvalue weighted by Gasteiger charge is -2.36. The normalized spacial score (nSPS) is 23.2. The summed E-state index contributed by atoms with van der Waals surface area (Å²) in [6.45, 7) is 1.82. The van der Waals surface area contributed by atoms with Crippen LogP contribution in [0.5, 0.6) is 5.75 Å². The highest BCUT2D eigenvalue weighted by Crippen LogP contribution is 2.48. The molecule has 1 heterocycles. The van der Waals surface area contributed by atoms with Crippen LogP contribution in [0.2, 0.25) is 5.02 Å². The quantitative estimate of drug-likeness (QED) is 0.624. The Bertz CT molecular complexity index is 1090. The zero-order valence-electron chi connectivity index (χ0n) is 17.7. The number of esters is 1. The average Bonchev–Trinajstić information content (AvgIpc) is 2.78. The molecule has 31 heavy (non-hydrogen) atoms. The van der Waals surface area contributed by atoms with Crippen molar-refractivity contribution in [2.45, 2.75) is 31.6 Å². The molecule has 2 aromatic rings. The van der Waals surface area contributed by atoms with Gasteiger partial charge in [-0.15, -0.1) is 0 Å². The van der Waals surface area contributed by atoms with Crippen molar-refractivity contribution in [3.8, 4) is 5.75 Å². The van der Waals surface area contributed by atoms with Crippen molar-refractivity contribution < 1.29 is 19.1 Å². The molecule has 3 atom stereocenters. The van der Waals surface area contributed by atoms with Gasteiger partial charge in [-0.1, -0.05) is 41.9 Å². The standard InChI is InChI=1S/C25H24ClNO4/c1-14-22(25(29)31-3)23(18-6-4-5-7-19(18)26)24-20(27-14)12-16(13-21(24)28)15-8-10-17(30-2)11-9-15/h4-11,16,22-23H,12-13H2,1-3H3/t16-,22?,23-/m1/s1. The number of Topliss-reactive ketones (excluding diaryl/α,β-unsaturated/α-hetero) is 1. The third-order valence-corrected chi connectivity index (χ3v) is 6.52. The number of nitrogens with zero attached hydrogens (tertiary/aromatic N) is 1. The number of halogens is 1. The van der Waals surface area contributed by atoms with Crippen LogP contribution in [0, 0.1) is 5.92 Å². The Hall–Kier alpha value is -2.92. The smallest absolute Gasteiger partial charge is 0.315 e. The first-order valence-corrected chi connectivity index (χ1v) is 10.6. The number of hydrogen-bond acceptors (Lipinski definition) is 5. The number of rotatable bonds is 4. The Morgan fingerprint density at radius 3 is 2.42 bits per heavy atom. The summed E-state index contributed by atoms with van der Waals surface area (Å²) in [4.78, 5) is 30.9. The van der Waals surface area contributed by atoms with Crippen LogP contribution >= 0.6 is 11.6 Å². The van der Waals surface area contributed by atoms with E-state index in [0.717, 1.165) is 22.6 Å². The molecular weight excluding hydrogens is 414 g/mol. The predicted molar refractivity (Wildman–Crippen MR) is 120 cm³/mol. The summed E-state index contributed by atoms with van der Waals surface area (Å²) in [5.41, 5.74) is 3.77. The fourth-order valence-electron chi connectivity index (χ4n) is 4.67. The highest BCUT2D eigenvalue weighted by Gasteiger charge is 2.45. The van der Waals surface area contributed by atoms with Gasteiger partial charge in [0.2, 0.25) is 0 Å². The van der Waals surface area contributed by atoms with Gasteiger partial charge in [-0.2, -0.15) is 0 Å². The third-order valence-electron chi connectivity index (χ3n) is 6.17. The van der Waals surface area contributed by atoms with Crippen molar-refractivity contribution in [3.63, 3.8) is 0 Å². The van der Waals surface area contributed by atoms with Gasteiger partial charge in [-0.3, -0.25) is 14.6 Å². The first kappa shape index (κ1) is 21.3. The molecule has 0 amide bonds. The number of carbonyl (C=O) groups is 2. The summed E-state index contributed by atoms with van der Waals surface area (Å²) in [5, 5.41) is 0.521. The van der Waals surface area contributed by atoms with Crippen LogP contribution in [0.3, 0.4) is 0 Å². The van der Waals surface area contributed by atoms with Gasteiger partial charge in [-0.25, -0.2) is 0 Å². The van der Waals surface area contributed by atoms with E-state index in [1.807, 2.05) is 49.4 Å². The molecule has 0 saturated heterocycles. The minimum Gasteiger partial charge on any atom is -0.497 e. The molecule has 1 aliphatic heterocycles. The molecule has 2 aliphatic rings. The van der Waals surface area contributed by atoms with E-state index < -0.39 is 17.8 Å².